The van der Waals surface area contributed by atoms with E-state index in [0.717, 1.165) is 40.2 Å². The van der Waals surface area contributed by atoms with Gasteiger partial charge in [-0.05, 0) is 57.6 Å². The average molecular weight is 312 g/mol. The molecule has 4 nitrogen and oxygen atoms in total. The van der Waals surface area contributed by atoms with E-state index in [1.807, 2.05) is 29.9 Å². The third-order valence-corrected chi connectivity index (χ3v) is 5.61. The highest BCUT2D eigenvalue weighted by molar-refractivity contribution is 7.18. The highest BCUT2D eigenvalue weighted by Crippen LogP contribution is 2.39. The minimum atomic E-state index is 0.770. The van der Waals surface area contributed by atoms with E-state index in [2.05, 4.69) is 25.0 Å². The molecule has 1 aliphatic carbocycles. The van der Waals surface area contributed by atoms with E-state index in [4.69, 9.17) is 9.97 Å². The Bertz CT molecular complexity index is 875. The van der Waals surface area contributed by atoms with Crippen molar-refractivity contribution >= 4 is 21.6 Å². The Balaban J connectivity index is 2.04. The van der Waals surface area contributed by atoms with Crippen LogP contribution >= 0.6 is 11.3 Å². The number of rotatable bonds is 1. The molecule has 0 radical (unpaired) electrons. The molecule has 3 heterocycles. The monoisotopic (exact) mass is 312 g/mol. The summed E-state index contributed by atoms with van der Waals surface area (Å²) in [6.07, 6.45) is 3.56. The molecule has 114 valence electrons. The Morgan fingerprint density at radius 2 is 2.05 bits per heavy atom. The topological polar surface area (TPSA) is 43.6 Å². The standard InChI is InChI=1S/C17H20N4S/c1-9-5-6-13-14(7-9)22-17-15(13)16(18-12(4)19-17)21-11(3)8-10(2)20-21/h8-9H,5-7H2,1-4H3/t9-/m0/s1. The molecule has 0 N–H and O–H groups in total. The Morgan fingerprint density at radius 3 is 2.77 bits per heavy atom. The Kier molecular flexibility index (Phi) is 3.08. The van der Waals surface area contributed by atoms with E-state index < -0.39 is 0 Å². The van der Waals surface area contributed by atoms with E-state index in [0.29, 0.717) is 0 Å². The Morgan fingerprint density at radius 1 is 1.23 bits per heavy atom. The van der Waals surface area contributed by atoms with Gasteiger partial charge in [0.05, 0.1) is 11.1 Å². The lowest BCUT2D eigenvalue weighted by Crippen LogP contribution is -2.10. The first kappa shape index (κ1) is 13.9. The van der Waals surface area contributed by atoms with Gasteiger partial charge in [0.2, 0.25) is 0 Å². The van der Waals surface area contributed by atoms with Crippen LogP contribution in [-0.4, -0.2) is 19.7 Å². The molecule has 1 atom stereocenters. The molecule has 3 aromatic rings. The van der Waals surface area contributed by atoms with Gasteiger partial charge in [-0.15, -0.1) is 11.3 Å². The summed E-state index contributed by atoms with van der Waals surface area (Å²) in [7, 11) is 0. The Labute approximate surface area is 134 Å². The second-order valence-electron chi connectivity index (χ2n) is 6.47. The maximum absolute atomic E-state index is 4.74. The summed E-state index contributed by atoms with van der Waals surface area (Å²) in [5.41, 5.74) is 3.61. The molecule has 0 fully saturated rings. The average Bonchev–Trinajstić information content (AvgIpc) is 2.96. The fourth-order valence-corrected chi connectivity index (χ4v) is 4.85. The summed E-state index contributed by atoms with van der Waals surface area (Å²) in [6.45, 7) is 8.42. The SMILES string of the molecule is Cc1cc(C)n(-c2nc(C)nc3sc4c(c23)CC[C@H](C)C4)n1. The van der Waals surface area contributed by atoms with E-state index in [1.165, 1.54) is 28.7 Å². The molecular formula is C17H20N4S. The zero-order chi connectivity index (χ0) is 15.4. The smallest absolute Gasteiger partial charge is 0.166 e. The largest absolute Gasteiger partial charge is 0.222 e. The van der Waals surface area contributed by atoms with Crippen molar-refractivity contribution in [2.24, 2.45) is 5.92 Å². The van der Waals surface area contributed by atoms with Crippen molar-refractivity contribution in [2.45, 2.75) is 47.0 Å². The van der Waals surface area contributed by atoms with Crippen LogP contribution in [0.5, 0.6) is 0 Å². The molecule has 0 aliphatic heterocycles. The van der Waals surface area contributed by atoms with Crippen LogP contribution < -0.4 is 0 Å². The van der Waals surface area contributed by atoms with Crippen molar-refractivity contribution in [1.82, 2.24) is 19.7 Å². The molecule has 0 saturated carbocycles. The van der Waals surface area contributed by atoms with Crippen molar-refractivity contribution in [3.63, 3.8) is 0 Å². The van der Waals surface area contributed by atoms with Crippen LogP contribution in [0.1, 0.15) is 41.0 Å². The van der Waals surface area contributed by atoms with Crippen LogP contribution in [0.2, 0.25) is 0 Å². The number of fused-ring (bicyclic) bond motifs is 3. The van der Waals surface area contributed by atoms with Gasteiger partial charge in [-0.1, -0.05) is 6.92 Å². The maximum Gasteiger partial charge on any atom is 0.166 e. The zero-order valence-electron chi connectivity index (χ0n) is 13.5. The van der Waals surface area contributed by atoms with Gasteiger partial charge in [-0.25, -0.2) is 14.6 Å². The molecule has 1 aliphatic rings. The molecular weight excluding hydrogens is 292 g/mol. The highest BCUT2D eigenvalue weighted by Gasteiger charge is 2.24. The van der Waals surface area contributed by atoms with E-state index in [-0.39, 0.29) is 0 Å². The van der Waals surface area contributed by atoms with Gasteiger partial charge in [0.15, 0.2) is 5.82 Å². The van der Waals surface area contributed by atoms with Gasteiger partial charge in [0.1, 0.15) is 10.7 Å². The Hall–Kier alpha value is -1.75. The molecule has 22 heavy (non-hydrogen) atoms. The van der Waals surface area contributed by atoms with Crippen molar-refractivity contribution in [2.75, 3.05) is 0 Å². The number of nitrogens with zero attached hydrogens (tertiary/aromatic N) is 4. The van der Waals surface area contributed by atoms with Crippen LogP contribution in [0.3, 0.4) is 0 Å². The number of aryl methyl sites for hydroxylation is 4. The summed E-state index contributed by atoms with van der Waals surface area (Å²) in [5, 5.41) is 5.87. The van der Waals surface area contributed by atoms with E-state index in [9.17, 15) is 0 Å². The minimum Gasteiger partial charge on any atom is -0.222 e. The third-order valence-electron chi connectivity index (χ3n) is 4.46. The summed E-state index contributed by atoms with van der Waals surface area (Å²) in [4.78, 5) is 12.1. The fourth-order valence-electron chi connectivity index (χ4n) is 3.42. The second-order valence-corrected chi connectivity index (χ2v) is 7.55. The van der Waals surface area contributed by atoms with Crippen molar-refractivity contribution < 1.29 is 0 Å². The van der Waals surface area contributed by atoms with Gasteiger partial charge >= 0.3 is 0 Å². The number of thiophene rings is 1. The van der Waals surface area contributed by atoms with Crippen LogP contribution in [0.4, 0.5) is 0 Å². The first-order valence-corrected chi connectivity index (χ1v) is 8.67. The quantitative estimate of drug-likeness (QED) is 0.684. The van der Waals surface area contributed by atoms with Crippen molar-refractivity contribution in [3.8, 4) is 5.82 Å². The molecule has 0 saturated heterocycles. The van der Waals surface area contributed by atoms with Crippen LogP contribution in [0, 0.1) is 26.7 Å². The van der Waals surface area contributed by atoms with Crippen molar-refractivity contribution in [1.29, 1.82) is 0 Å². The molecule has 5 heteroatoms. The van der Waals surface area contributed by atoms with Gasteiger partial charge in [0.25, 0.3) is 0 Å². The van der Waals surface area contributed by atoms with Gasteiger partial charge in [-0.3, -0.25) is 0 Å². The molecule has 0 amide bonds. The lowest BCUT2D eigenvalue weighted by Gasteiger charge is -2.18. The lowest BCUT2D eigenvalue weighted by molar-refractivity contribution is 0.509. The minimum absolute atomic E-state index is 0.770. The summed E-state index contributed by atoms with van der Waals surface area (Å²) >= 11 is 1.85. The molecule has 3 aromatic heterocycles. The zero-order valence-corrected chi connectivity index (χ0v) is 14.3. The predicted molar refractivity (Wildman–Crippen MR) is 89.9 cm³/mol. The second kappa shape index (κ2) is 4.88. The summed E-state index contributed by atoms with van der Waals surface area (Å²) in [5.74, 6) is 2.55. The fraction of sp³-hybridized carbons (Fsp3) is 0.471. The third kappa shape index (κ3) is 2.07. The number of hydrogen-bond donors (Lipinski definition) is 0. The van der Waals surface area contributed by atoms with Gasteiger partial charge < -0.3 is 0 Å². The molecule has 0 aromatic carbocycles. The van der Waals surface area contributed by atoms with Gasteiger partial charge in [-0.2, -0.15) is 5.10 Å². The number of aromatic nitrogens is 4. The molecule has 0 spiro atoms. The predicted octanol–water partition coefficient (Wildman–Crippen LogP) is 3.93. The first-order valence-electron chi connectivity index (χ1n) is 7.85. The number of hydrogen-bond acceptors (Lipinski definition) is 4. The van der Waals surface area contributed by atoms with Crippen molar-refractivity contribution in [3.05, 3.63) is 33.7 Å². The maximum atomic E-state index is 4.74. The lowest BCUT2D eigenvalue weighted by atomic mass is 9.89. The van der Waals surface area contributed by atoms with E-state index >= 15 is 0 Å². The normalized spacial score (nSPS) is 17.9. The molecule has 4 rings (SSSR count). The van der Waals surface area contributed by atoms with Crippen LogP contribution in [0.15, 0.2) is 6.07 Å². The molecule has 0 unspecified atom stereocenters. The van der Waals surface area contributed by atoms with Crippen LogP contribution in [-0.2, 0) is 12.8 Å². The van der Waals surface area contributed by atoms with Gasteiger partial charge in [0, 0.05) is 10.6 Å². The van der Waals surface area contributed by atoms with Crippen LogP contribution in [0.25, 0.3) is 16.0 Å². The van der Waals surface area contributed by atoms with E-state index in [1.54, 1.807) is 0 Å². The summed E-state index contributed by atoms with van der Waals surface area (Å²) in [6, 6.07) is 2.10. The summed E-state index contributed by atoms with van der Waals surface area (Å²) < 4.78 is 1.98. The first-order chi connectivity index (χ1) is 10.5. The molecule has 0 bridgehead atoms. The highest BCUT2D eigenvalue weighted by atomic mass is 32.1.